The Kier molecular flexibility index (Phi) is 5.47. The summed E-state index contributed by atoms with van der Waals surface area (Å²) in [7, 11) is 0. The molecule has 1 aromatic heterocycles. The van der Waals surface area contributed by atoms with E-state index >= 15 is 0 Å². The second-order valence-corrected chi connectivity index (χ2v) is 4.63. The van der Waals surface area contributed by atoms with Crippen LogP contribution >= 0.6 is 0 Å². The summed E-state index contributed by atoms with van der Waals surface area (Å²) in [6.07, 6.45) is 0. The Morgan fingerprint density at radius 2 is 1.71 bits per heavy atom. The first-order valence-corrected chi connectivity index (χ1v) is 7.26. The SMILES string of the molecule is CCOC(=O)c1cc(C(=O)c2cccc(F)c2)c(C(=O)OCC)o1. The van der Waals surface area contributed by atoms with Crippen molar-refractivity contribution in [1.82, 2.24) is 0 Å². The van der Waals surface area contributed by atoms with Gasteiger partial charge >= 0.3 is 11.9 Å². The summed E-state index contributed by atoms with van der Waals surface area (Å²) in [4.78, 5) is 36.3. The van der Waals surface area contributed by atoms with Crippen molar-refractivity contribution >= 4 is 17.7 Å². The zero-order valence-corrected chi connectivity index (χ0v) is 13.1. The molecular formula is C17H15FO6. The van der Waals surface area contributed by atoms with Crippen LogP contribution in [0.5, 0.6) is 0 Å². The van der Waals surface area contributed by atoms with Crippen LogP contribution in [0.15, 0.2) is 34.7 Å². The van der Waals surface area contributed by atoms with Gasteiger partial charge in [-0.05, 0) is 26.0 Å². The fourth-order valence-electron chi connectivity index (χ4n) is 2.00. The number of carbonyl (C=O) groups excluding carboxylic acids is 3. The van der Waals surface area contributed by atoms with Gasteiger partial charge in [-0.25, -0.2) is 14.0 Å². The lowest BCUT2D eigenvalue weighted by Crippen LogP contribution is -2.10. The first-order chi connectivity index (χ1) is 11.5. The molecule has 6 nitrogen and oxygen atoms in total. The smallest absolute Gasteiger partial charge is 0.375 e. The first-order valence-electron chi connectivity index (χ1n) is 7.26. The summed E-state index contributed by atoms with van der Waals surface area (Å²) in [5, 5.41) is 0. The molecule has 0 spiro atoms. The summed E-state index contributed by atoms with van der Waals surface area (Å²) >= 11 is 0. The van der Waals surface area contributed by atoms with Crippen molar-refractivity contribution in [3.05, 3.63) is 58.8 Å². The number of hydrogen-bond acceptors (Lipinski definition) is 6. The van der Waals surface area contributed by atoms with E-state index in [1.807, 2.05) is 0 Å². The maximum Gasteiger partial charge on any atom is 0.375 e. The van der Waals surface area contributed by atoms with E-state index < -0.39 is 29.3 Å². The van der Waals surface area contributed by atoms with Crippen molar-refractivity contribution < 1.29 is 32.7 Å². The molecule has 0 fully saturated rings. The van der Waals surface area contributed by atoms with Crippen LogP contribution in [0.25, 0.3) is 0 Å². The molecule has 0 aliphatic heterocycles. The number of rotatable bonds is 6. The molecule has 0 amide bonds. The fraction of sp³-hybridized carbons (Fsp3) is 0.235. The van der Waals surface area contributed by atoms with Gasteiger partial charge in [-0.2, -0.15) is 0 Å². The van der Waals surface area contributed by atoms with Crippen molar-refractivity contribution in [2.45, 2.75) is 13.8 Å². The number of ketones is 1. The summed E-state index contributed by atoms with van der Waals surface area (Å²) < 4.78 is 28.1. The monoisotopic (exact) mass is 334 g/mol. The number of ether oxygens (including phenoxy) is 2. The van der Waals surface area contributed by atoms with Gasteiger partial charge in [0.1, 0.15) is 5.82 Å². The molecule has 0 aliphatic rings. The van der Waals surface area contributed by atoms with Crippen LogP contribution in [0.1, 0.15) is 50.9 Å². The third-order valence-electron chi connectivity index (χ3n) is 3.00. The molecule has 2 aromatic rings. The Morgan fingerprint density at radius 3 is 2.33 bits per heavy atom. The fourth-order valence-corrected chi connectivity index (χ4v) is 2.00. The lowest BCUT2D eigenvalue weighted by molar-refractivity contribution is 0.0453. The Bertz CT molecular complexity index is 777. The van der Waals surface area contributed by atoms with Crippen molar-refractivity contribution in [2.24, 2.45) is 0 Å². The van der Waals surface area contributed by atoms with Gasteiger partial charge in [0.15, 0.2) is 5.78 Å². The largest absolute Gasteiger partial charge is 0.460 e. The van der Waals surface area contributed by atoms with Gasteiger partial charge in [0.05, 0.1) is 18.8 Å². The molecule has 0 bridgehead atoms. The normalized spacial score (nSPS) is 10.3. The first kappa shape index (κ1) is 17.4. The average Bonchev–Trinajstić information content (AvgIpc) is 3.00. The van der Waals surface area contributed by atoms with Gasteiger partial charge in [-0.15, -0.1) is 0 Å². The van der Waals surface area contributed by atoms with Crippen molar-refractivity contribution in [3.63, 3.8) is 0 Å². The Hall–Kier alpha value is -2.96. The molecule has 0 saturated carbocycles. The zero-order valence-electron chi connectivity index (χ0n) is 13.1. The van der Waals surface area contributed by atoms with Crippen LogP contribution in [-0.4, -0.2) is 30.9 Å². The number of carbonyl (C=O) groups is 3. The molecular weight excluding hydrogens is 319 g/mol. The number of esters is 2. The Balaban J connectivity index is 2.47. The topological polar surface area (TPSA) is 82.8 Å². The van der Waals surface area contributed by atoms with Crippen LogP contribution in [0.3, 0.4) is 0 Å². The summed E-state index contributed by atoms with van der Waals surface area (Å²) in [6.45, 7) is 3.34. The molecule has 0 atom stereocenters. The lowest BCUT2D eigenvalue weighted by atomic mass is 10.0. The quantitative estimate of drug-likeness (QED) is 0.596. The third-order valence-corrected chi connectivity index (χ3v) is 3.00. The van der Waals surface area contributed by atoms with Gasteiger partial charge in [0.25, 0.3) is 0 Å². The minimum atomic E-state index is -0.896. The van der Waals surface area contributed by atoms with Gasteiger partial charge in [-0.3, -0.25) is 4.79 Å². The predicted molar refractivity (Wildman–Crippen MR) is 80.5 cm³/mol. The van der Waals surface area contributed by atoms with E-state index in [4.69, 9.17) is 13.9 Å². The molecule has 0 unspecified atom stereocenters. The van der Waals surface area contributed by atoms with Crippen LogP contribution in [0, 0.1) is 5.82 Å². The van der Waals surface area contributed by atoms with Crippen molar-refractivity contribution in [3.8, 4) is 0 Å². The highest BCUT2D eigenvalue weighted by Gasteiger charge is 2.28. The Morgan fingerprint density at radius 1 is 1.04 bits per heavy atom. The molecule has 0 saturated heterocycles. The maximum atomic E-state index is 13.3. The second-order valence-electron chi connectivity index (χ2n) is 4.63. The van der Waals surface area contributed by atoms with Crippen LogP contribution in [0.4, 0.5) is 4.39 Å². The minimum Gasteiger partial charge on any atom is -0.460 e. The van der Waals surface area contributed by atoms with Gasteiger partial charge in [-0.1, -0.05) is 12.1 Å². The van der Waals surface area contributed by atoms with Gasteiger partial charge in [0.2, 0.25) is 11.5 Å². The van der Waals surface area contributed by atoms with E-state index in [1.54, 1.807) is 13.8 Å². The molecule has 7 heteroatoms. The number of furan rings is 1. The molecule has 0 radical (unpaired) electrons. The molecule has 0 N–H and O–H groups in total. The van der Waals surface area contributed by atoms with Crippen molar-refractivity contribution in [1.29, 1.82) is 0 Å². The molecule has 24 heavy (non-hydrogen) atoms. The summed E-state index contributed by atoms with van der Waals surface area (Å²) in [6, 6.07) is 6.05. The average molecular weight is 334 g/mol. The highest BCUT2D eigenvalue weighted by molar-refractivity contribution is 6.14. The predicted octanol–water partition coefficient (Wildman–Crippen LogP) is 3.00. The van der Waals surface area contributed by atoms with E-state index in [1.165, 1.54) is 18.2 Å². The van der Waals surface area contributed by atoms with Crippen LogP contribution in [-0.2, 0) is 9.47 Å². The van der Waals surface area contributed by atoms with Crippen LogP contribution in [0.2, 0.25) is 0 Å². The molecule has 1 aromatic carbocycles. The van der Waals surface area contributed by atoms with E-state index in [2.05, 4.69) is 0 Å². The standard InChI is InChI=1S/C17H15FO6/c1-3-22-16(20)13-9-12(15(24-13)17(21)23-4-2)14(19)10-6-5-7-11(18)8-10/h5-9H,3-4H2,1-2H3. The van der Waals surface area contributed by atoms with E-state index in [0.29, 0.717) is 0 Å². The summed E-state index contributed by atoms with van der Waals surface area (Å²) in [5.41, 5.74) is -0.182. The molecule has 1 heterocycles. The van der Waals surface area contributed by atoms with Crippen molar-refractivity contribution in [2.75, 3.05) is 13.2 Å². The lowest BCUT2D eigenvalue weighted by Gasteiger charge is -2.02. The number of hydrogen-bond donors (Lipinski definition) is 0. The zero-order chi connectivity index (χ0) is 17.7. The molecule has 0 aliphatic carbocycles. The highest BCUT2D eigenvalue weighted by Crippen LogP contribution is 2.22. The number of benzene rings is 1. The molecule has 126 valence electrons. The second kappa shape index (κ2) is 7.54. The Labute approximate surface area is 137 Å². The highest BCUT2D eigenvalue weighted by atomic mass is 19.1. The van der Waals surface area contributed by atoms with E-state index in [9.17, 15) is 18.8 Å². The van der Waals surface area contributed by atoms with Gasteiger partial charge < -0.3 is 13.9 Å². The van der Waals surface area contributed by atoms with Gasteiger partial charge in [0, 0.05) is 11.6 Å². The minimum absolute atomic E-state index is 0.0109. The summed E-state index contributed by atoms with van der Waals surface area (Å²) in [5.74, 6) is -3.72. The maximum absolute atomic E-state index is 13.3. The third kappa shape index (κ3) is 3.68. The van der Waals surface area contributed by atoms with E-state index in [0.717, 1.165) is 12.1 Å². The van der Waals surface area contributed by atoms with Crippen LogP contribution < -0.4 is 0 Å². The molecule has 2 rings (SSSR count). The number of halogens is 1. The van der Waals surface area contributed by atoms with E-state index in [-0.39, 0.29) is 30.1 Å².